The fraction of sp³-hybridized carbons (Fsp3) is 0.316. The second-order valence-electron chi connectivity index (χ2n) is 6.15. The van der Waals surface area contributed by atoms with Crippen LogP contribution in [0.4, 0.5) is 4.39 Å². The Morgan fingerprint density at radius 2 is 2.15 bits per heavy atom. The van der Waals surface area contributed by atoms with Crippen LogP contribution in [0.15, 0.2) is 41.1 Å². The molecule has 7 nitrogen and oxygen atoms in total. The van der Waals surface area contributed by atoms with Gasteiger partial charge >= 0.3 is 0 Å². The number of hydrogen-bond donors (Lipinski definition) is 0. The van der Waals surface area contributed by atoms with E-state index in [0.29, 0.717) is 49.6 Å². The molecule has 2 aromatic heterocycles. The fourth-order valence-corrected chi connectivity index (χ4v) is 2.85. The molecule has 3 heterocycles. The Labute approximate surface area is 155 Å². The van der Waals surface area contributed by atoms with Crippen LogP contribution < -0.4 is 9.47 Å². The molecule has 8 heteroatoms. The molecule has 0 spiro atoms. The van der Waals surface area contributed by atoms with Crippen LogP contribution in [0.5, 0.6) is 11.6 Å². The zero-order chi connectivity index (χ0) is 18.6. The smallest absolute Gasteiger partial charge is 0.233 e. The lowest BCUT2D eigenvalue weighted by Crippen LogP contribution is -2.19. The number of fused-ring (bicyclic) bond motifs is 1. The Morgan fingerprint density at radius 1 is 1.22 bits per heavy atom. The molecule has 0 radical (unpaired) electrons. The molecule has 0 amide bonds. The largest absolute Gasteiger partial charge is 0.492 e. The summed E-state index contributed by atoms with van der Waals surface area (Å²) < 4.78 is 34.7. The normalized spacial score (nSPS) is 15.9. The van der Waals surface area contributed by atoms with Gasteiger partial charge in [-0.1, -0.05) is 11.2 Å². The molecule has 0 fully saturated rings. The summed E-state index contributed by atoms with van der Waals surface area (Å²) in [6.45, 7) is 1.29. The zero-order valence-electron chi connectivity index (χ0n) is 14.7. The van der Waals surface area contributed by atoms with Gasteiger partial charge in [-0.3, -0.25) is 0 Å². The second kappa shape index (κ2) is 7.71. The predicted octanol–water partition coefficient (Wildman–Crippen LogP) is 3.01. The van der Waals surface area contributed by atoms with Crippen molar-refractivity contribution in [3.8, 4) is 23.0 Å². The van der Waals surface area contributed by atoms with Crippen molar-refractivity contribution < 1.29 is 23.1 Å². The third kappa shape index (κ3) is 3.90. The highest BCUT2D eigenvalue weighted by Gasteiger charge is 2.26. The van der Waals surface area contributed by atoms with Crippen LogP contribution >= 0.6 is 0 Å². The maximum absolute atomic E-state index is 13.3. The van der Waals surface area contributed by atoms with Gasteiger partial charge in [0.1, 0.15) is 24.8 Å². The van der Waals surface area contributed by atoms with Gasteiger partial charge in [0, 0.05) is 31.0 Å². The quantitative estimate of drug-likeness (QED) is 0.616. The van der Waals surface area contributed by atoms with Crippen LogP contribution in [0.25, 0.3) is 11.4 Å². The summed E-state index contributed by atoms with van der Waals surface area (Å²) in [6.07, 6.45) is 2.29. The first kappa shape index (κ1) is 17.4. The molecule has 1 unspecified atom stereocenters. The number of methoxy groups -OCH3 is 1. The van der Waals surface area contributed by atoms with Crippen molar-refractivity contribution in [1.29, 1.82) is 0 Å². The van der Waals surface area contributed by atoms with Gasteiger partial charge in [-0.15, -0.1) is 0 Å². The fourth-order valence-electron chi connectivity index (χ4n) is 2.85. The van der Waals surface area contributed by atoms with Crippen molar-refractivity contribution in [3.05, 3.63) is 53.8 Å². The van der Waals surface area contributed by atoms with E-state index < -0.39 is 0 Å². The standard InChI is InChI=1S/C19H18FN3O4/c1-24-6-7-25-17-5-3-13(10-21-17)18-22-19(27-23-18)14-8-12-2-4-15(20)9-16(12)26-11-14/h2-5,9-10,14H,6-8,11H2,1H3. The highest BCUT2D eigenvalue weighted by atomic mass is 19.1. The van der Waals surface area contributed by atoms with E-state index in [4.69, 9.17) is 18.7 Å². The van der Waals surface area contributed by atoms with E-state index in [1.807, 2.05) is 6.07 Å². The van der Waals surface area contributed by atoms with Gasteiger partial charge in [0.25, 0.3) is 0 Å². The van der Waals surface area contributed by atoms with Gasteiger partial charge in [0.2, 0.25) is 17.6 Å². The monoisotopic (exact) mass is 371 g/mol. The molecule has 1 aromatic carbocycles. The van der Waals surface area contributed by atoms with Gasteiger partial charge in [-0.25, -0.2) is 9.37 Å². The molecule has 140 valence electrons. The lowest BCUT2D eigenvalue weighted by Gasteiger charge is -2.22. The maximum Gasteiger partial charge on any atom is 0.233 e. The molecule has 0 saturated carbocycles. The molecule has 1 aliphatic rings. The zero-order valence-corrected chi connectivity index (χ0v) is 14.7. The number of benzene rings is 1. The van der Waals surface area contributed by atoms with E-state index in [-0.39, 0.29) is 11.7 Å². The van der Waals surface area contributed by atoms with Crippen molar-refractivity contribution in [1.82, 2.24) is 15.1 Å². The number of aromatic nitrogens is 3. The van der Waals surface area contributed by atoms with Gasteiger partial charge < -0.3 is 18.7 Å². The Bertz CT molecular complexity index is 914. The third-order valence-electron chi connectivity index (χ3n) is 4.26. The van der Waals surface area contributed by atoms with Crippen LogP contribution in [-0.2, 0) is 11.2 Å². The average Bonchev–Trinajstić information content (AvgIpc) is 3.18. The number of pyridine rings is 1. The Kier molecular flexibility index (Phi) is 4.97. The first-order valence-corrected chi connectivity index (χ1v) is 8.56. The second-order valence-corrected chi connectivity index (χ2v) is 6.15. The number of rotatable bonds is 6. The molecular formula is C19H18FN3O4. The summed E-state index contributed by atoms with van der Waals surface area (Å²) in [5.41, 5.74) is 1.65. The molecule has 1 atom stereocenters. The highest BCUT2D eigenvalue weighted by Crippen LogP contribution is 2.33. The van der Waals surface area contributed by atoms with Crippen LogP contribution in [0.2, 0.25) is 0 Å². The van der Waals surface area contributed by atoms with E-state index in [2.05, 4.69) is 15.1 Å². The number of ether oxygens (including phenoxy) is 3. The van der Waals surface area contributed by atoms with Crippen LogP contribution in [-0.4, -0.2) is 42.1 Å². The van der Waals surface area contributed by atoms with Crippen LogP contribution in [0, 0.1) is 5.82 Å². The molecule has 27 heavy (non-hydrogen) atoms. The summed E-state index contributed by atoms with van der Waals surface area (Å²) in [7, 11) is 1.61. The minimum Gasteiger partial charge on any atom is -0.492 e. The minimum atomic E-state index is -0.311. The Hall–Kier alpha value is -3.00. The molecule has 4 rings (SSSR count). The van der Waals surface area contributed by atoms with Gasteiger partial charge in [-0.05, 0) is 24.1 Å². The Balaban J connectivity index is 1.45. The molecule has 0 bridgehead atoms. The van der Waals surface area contributed by atoms with E-state index >= 15 is 0 Å². The van der Waals surface area contributed by atoms with Crippen LogP contribution in [0.1, 0.15) is 17.4 Å². The van der Waals surface area contributed by atoms with Crippen molar-refractivity contribution in [2.75, 3.05) is 26.9 Å². The predicted molar refractivity (Wildman–Crippen MR) is 93.2 cm³/mol. The third-order valence-corrected chi connectivity index (χ3v) is 4.26. The van der Waals surface area contributed by atoms with Gasteiger partial charge in [-0.2, -0.15) is 4.98 Å². The lowest BCUT2D eigenvalue weighted by atomic mass is 9.96. The Morgan fingerprint density at radius 3 is 2.96 bits per heavy atom. The lowest BCUT2D eigenvalue weighted by molar-refractivity contribution is 0.144. The first-order valence-electron chi connectivity index (χ1n) is 8.56. The summed E-state index contributed by atoms with van der Waals surface area (Å²) in [5, 5.41) is 4.03. The minimum absolute atomic E-state index is 0.0752. The van der Waals surface area contributed by atoms with Crippen LogP contribution in [0.3, 0.4) is 0 Å². The summed E-state index contributed by atoms with van der Waals surface area (Å²) in [4.78, 5) is 8.69. The SMILES string of the molecule is COCCOc1ccc(-c2noc(C3COc4cc(F)ccc4C3)n2)cn1. The molecule has 0 saturated heterocycles. The summed E-state index contributed by atoms with van der Waals surface area (Å²) in [5.74, 6) is 1.62. The van der Waals surface area contributed by atoms with E-state index in [1.165, 1.54) is 12.1 Å². The highest BCUT2D eigenvalue weighted by molar-refractivity contribution is 5.53. The van der Waals surface area contributed by atoms with E-state index in [9.17, 15) is 4.39 Å². The van der Waals surface area contributed by atoms with Gasteiger partial charge in [0.05, 0.1) is 12.5 Å². The topological polar surface area (TPSA) is 79.5 Å². The first-order chi connectivity index (χ1) is 13.2. The summed E-state index contributed by atoms with van der Waals surface area (Å²) in [6, 6.07) is 8.10. The number of halogens is 1. The molecular weight excluding hydrogens is 353 g/mol. The van der Waals surface area contributed by atoms with Crippen molar-refractivity contribution in [3.63, 3.8) is 0 Å². The van der Waals surface area contributed by atoms with E-state index in [1.54, 1.807) is 25.4 Å². The number of hydrogen-bond acceptors (Lipinski definition) is 7. The molecule has 0 N–H and O–H groups in total. The average molecular weight is 371 g/mol. The molecule has 0 aliphatic carbocycles. The number of nitrogens with zero attached hydrogens (tertiary/aromatic N) is 3. The van der Waals surface area contributed by atoms with Gasteiger partial charge in [0.15, 0.2) is 0 Å². The molecule has 1 aliphatic heterocycles. The van der Waals surface area contributed by atoms with Crippen molar-refractivity contribution in [2.45, 2.75) is 12.3 Å². The maximum atomic E-state index is 13.3. The molecule has 3 aromatic rings. The summed E-state index contributed by atoms with van der Waals surface area (Å²) >= 11 is 0. The van der Waals surface area contributed by atoms with Crippen molar-refractivity contribution in [2.24, 2.45) is 0 Å². The van der Waals surface area contributed by atoms with E-state index in [0.717, 1.165) is 11.1 Å². The van der Waals surface area contributed by atoms with Crippen molar-refractivity contribution >= 4 is 0 Å².